The van der Waals surface area contributed by atoms with E-state index >= 15 is 0 Å². The number of carbonyl (C=O) groups is 2. The van der Waals surface area contributed by atoms with Gasteiger partial charge in [-0.15, -0.1) is 11.3 Å². The quantitative estimate of drug-likeness (QED) is 0.864. The average Bonchev–Trinajstić information content (AvgIpc) is 3.28. The molecule has 3 rings (SSSR count). The summed E-state index contributed by atoms with van der Waals surface area (Å²) in [6, 6.07) is 9.84. The van der Waals surface area contributed by atoms with Gasteiger partial charge in [0.05, 0.1) is 23.8 Å². The van der Waals surface area contributed by atoms with Crippen LogP contribution in [0.3, 0.4) is 0 Å². The highest BCUT2D eigenvalue weighted by Crippen LogP contribution is 2.15. The lowest BCUT2D eigenvalue weighted by atomic mass is 10.1. The van der Waals surface area contributed by atoms with Crippen molar-refractivity contribution >= 4 is 28.9 Å². The third-order valence-corrected chi connectivity index (χ3v) is 4.80. The van der Waals surface area contributed by atoms with Crippen molar-refractivity contribution in [1.29, 1.82) is 0 Å². The minimum absolute atomic E-state index is 0.116. The van der Waals surface area contributed by atoms with E-state index in [1.807, 2.05) is 37.3 Å². The molecule has 0 saturated heterocycles. The van der Waals surface area contributed by atoms with Crippen molar-refractivity contribution in [3.63, 3.8) is 0 Å². The molecule has 0 bridgehead atoms. The van der Waals surface area contributed by atoms with Crippen molar-refractivity contribution in [3.05, 3.63) is 52.0 Å². The van der Waals surface area contributed by atoms with E-state index in [9.17, 15) is 9.59 Å². The van der Waals surface area contributed by atoms with Crippen LogP contribution < -0.4 is 5.32 Å². The lowest BCUT2D eigenvalue weighted by Crippen LogP contribution is -2.27. The van der Waals surface area contributed by atoms with E-state index in [0.29, 0.717) is 13.1 Å². The molecule has 1 aromatic carbocycles. The largest absolute Gasteiger partial charge is 0.351 e. The molecule has 0 spiro atoms. The number of hydrogen-bond acceptors (Lipinski definition) is 5. The molecule has 0 aliphatic carbocycles. The molecule has 6 nitrogen and oxygen atoms in total. The first kappa shape index (κ1) is 17.3. The van der Waals surface area contributed by atoms with Crippen molar-refractivity contribution in [2.75, 3.05) is 6.54 Å². The van der Waals surface area contributed by atoms with Gasteiger partial charge in [-0.1, -0.05) is 30.3 Å². The Kier molecular flexibility index (Phi) is 5.55. The fourth-order valence-electron chi connectivity index (χ4n) is 2.58. The zero-order chi connectivity index (χ0) is 17.6. The lowest BCUT2D eigenvalue weighted by molar-refractivity contribution is -0.133. The van der Waals surface area contributed by atoms with E-state index in [0.717, 1.165) is 27.6 Å². The molecule has 1 aliphatic rings. The number of aryl methyl sites for hydroxylation is 1. The summed E-state index contributed by atoms with van der Waals surface area (Å²) in [6.45, 7) is 2.96. The van der Waals surface area contributed by atoms with Gasteiger partial charge in [0.1, 0.15) is 0 Å². The highest BCUT2D eigenvalue weighted by Gasteiger charge is 2.21. The maximum Gasteiger partial charge on any atom is 0.243 e. The van der Waals surface area contributed by atoms with Gasteiger partial charge >= 0.3 is 0 Å². The van der Waals surface area contributed by atoms with Gasteiger partial charge in [-0.3, -0.25) is 9.59 Å². The number of hydrogen-bond donors (Lipinski definition) is 1. The number of nitrogens with one attached hydrogen (secondary N) is 1. The predicted octanol–water partition coefficient (Wildman–Crippen LogP) is 2.48. The Morgan fingerprint density at radius 3 is 2.76 bits per heavy atom. The van der Waals surface area contributed by atoms with Crippen LogP contribution in [0.15, 0.2) is 41.6 Å². The Bertz CT molecular complexity index is 785. The van der Waals surface area contributed by atoms with Crippen LogP contribution >= 0.6 is 11.3 Å². The summed E-state index contributed by atoms with van der Waals surface area (Å²) in [5.41, 5.74) is 1.95. The monoisotopic (exact) mass is 356 g/mol. The second kappa shape index (κ2) is 8.02. The molecule has 2 aromatic rings. The maximum absolute atomic E-state index is 12.2. The minimum Gasteiger partial charge on any atom is -0.351 e. The fraction of sp³-hybridized carbons (Fsp3) is 0.333. The van der Waals surface area contributed by atoms with Crippen LogP contribution in [-0.2, 0) is 16.1 Å². The van der Waals surface area contributed by atoms with Crippen molar-refractivity contribution in [3.8, 4) is 0 Å². The Morgan fingerprint density at radius 1 is 1.24 bits per heavy atom. The molecule has 25 heavy (non-hydrogen) atoms. The van der Waals surface area contributed by atoms with E-state index in [4.69, 9.17) is 0 Å². The van der Waals surface area contributed by atoms with E-state index < -0.39 is 0 Å². The number of carbonyl (C=O) groups excluding carboxylic acids is 2. The van der Waals surface area contributed by atoms with E-state index in [1.54, 1.807) is 17.5 Å². The summed E-state index contributed by atoms with van der Waals surface area (Å²) in [7, 11) is 0. The first-order valence-corrected chi connectivity index (χ1v) is 9.05. The lowest BCUT2D eigenvalue weighted by Gasteiger charge is -2.11. The summed E-state index contributed by atoms with van der Waals surface area (Å²) >= 11 is 1.55. The summed E-state index contributed by atoms with van der Waals surface area (Å²) in [5, 5.41) is 9.66. The average molecular weight is 356 g/mol. The standard InChI is InChI=1S/C18H20N4O2S/c1-13-19-11-15(25-13)12-20-17(23)7-8-18(24)22-10-9-16(21-22)14-5-3-2-4-6-14/h2-6,11H,7-10,12H2,1H3,(H,20,23). The van der Waals surface area contributed by atoms with Crippen LogP contribution in [0.5, 0.6) is 0 Å². The van der Waals surface area contributed by atoms with Gasteiger partial charge in [0.25, 0.3) is 0 Å². The third-order valence-electron chi connectivity index (χ3n) is 3.89. The summed E-state index contributed by atoms with van der Waals surface area (Å²) in [4.78, 5) is 29.3. The van der Waals surface area contributed by atoms with Gasteiger partial charge in [-0.25, -0.2) is 9.99 Å². The molecule has 0 radical (unpaired) electrons. The van der Waals surface area contributed by atoms with Crippen LogP contribution in [0.2, 0.25) is 0 Å². The molecular weight excluding hydrogens is 336 g/mol. The van der Waals surface area contributed by atoms with Crippen molar-refractivity contribution < 1.29 is 9.59 Å². The number of hydrazone groups is 1. The van der Waals surface area contributed by atoms with Gasteiger partial charge in [-0.05, 0) is 12.5 Å². The van der Waals surface area contributed by atoms with Gasteiger partial charge in [0, 0.05) is 30.3 Å². The van der Waals surface area contributed by atoms with E-state index in [2.05, 4.69) is 15.4 Å². The van der Waals surface area contributed by atoms with Crippen LogP contribution in [-0.4, -0.2) is 34.1 Å². The second-order valence-electron chi connectivity index (χ2n) is 5.80. The molecule has 2 heterocycles. The highest BCUT2D eigenvalue weighted by atomic mass is 32.1. The molecule has 0 fully saturated rings. The first-order valence-electron chi connectivity index (χ1n) is 8.23. The number of amides is 2. The molecule has 130 valence electrons. The minimum atomic E-state index is -0.133. The Balaban J connectivity index is 1.45. The van der Waals surface area contributed by atoms with Crippen LogP contribution in [0.25, 0.3) is 0 Å². The van der Waals surface area contributed by atoms with Gasteiger partial charge < -0.3 is 5.32 Å². The maximum atomic E-state index is 12.2. The third kappa shape index (κ3) is 4.73. The normalized spacial score (nSPS) is 13.6. The van der Waals surface area contributed by atoms with Gasteiger partial charge in [0.15, 0.2) is 0 Å². The Labute approximate surface area is 150 Å². The Hall–Kier alpha value is -2.54. The SMILES string of the molecule is Cc1ncc(CNC(=O)CCC(=O)N2CCC(c3ccccc3)=N2)s1. The highest BCUT2D eigenvalue weighted by molar-refractivity contribution is 7.11. The first-order chi connectivity index (χ1) is 12.1. The molecule has 0 atom stereocenters. The van der Waals surface area contributed by atoms with Crippen molar-refractivity contribution in [2.24, 2.45) is 5.10 Å². The van der Waals surface area contributed by atoms with Crippen molar-refractivity contribution in [2.45, 2.75) is 32.7 Å². The molecule has 7 heteroatoms. The molecule has 1 N–H and O–H groups in total. The number of thiazole rings is 1. The second-order valence-corrected chi connectivity index (χ2v) is 7.12. The van der Waals surface area contributed by atoms with Crippen LogP contribution in [0.4, 0.5) is 0 Å². The number of nitrogens with zero attached hydrogens (tertiary/aromatic N) is 3. The summed E-state index contributed by atoms with van der Waals surface area (Å²) < 4.78 is 0. The Morgan fingerprint density at radius 2 is 2.04 bits per heavy atom. The molecule has 1 aliphatic heterocycles. The predicted molar refractivity (Wildman–Crippen MR) is 97.2 cm³/mol. The fourth-order valence-corrected chi connectivity index (χ4v) is 3.32. The van der Waals surface area contributed by atoms with E-state index in [1.165, 1.54) is 5.01 Å². The molecule has 0 unspecified atom stereocenters. The van der Waals surface area contributed by atoms with Crippen LogP contribution in [0, 0.1) is 6.92 Å². The molecule has 0 saturated carbocycles. The topological polar surface area (TPSA) is 74.7 Å². The zero-order valence-electron chi connectivity index (χ0n) is 14.1. The molecular formula is C18H20N4O2S. The van der Waals surface area contributed by atoms with E-state index in [-0.39, 0.29) is 24.7 Å². The molecule has 2 amide bonds. The smallest absolute Gasteiger partial charge is 0.243 e. The number of rotatable bonds is 6. The van der Waals surface area contributed by atoms with Crippen LogP contribution in [0.1, 0.15) is 34.7 Å². The number of benzene rings is 1. The van der Waals surface area contributed by atoms with Gasteiger partial charge in [0.2, 0.25) is 11.8 Å². The molecule has 1 aromatic heterocycles. The summed E-state index contributed by atoms with van der Waals surface area (Å²) in [5.74, 6) is -0.249. The van der Waals surface area contributed by atoms with Crippen molar-refractivity contribution in [1.82, 2.24) is 15.3 Å². The summed E-state index contributed by atoms with van der Waals surface area (Å²) in [6.07, 6.45) is 2.84. The zero-order valence-corrected chi connectivity index (χ0v) is 14.9. The number of aromatic nitrogens is 1. The van der Waals surface area contributed by atoms with Gasteiger partial charge in [-0.2, -0.15) is 5.10 Å².